The summed E-state index contributed by atoms with van der Waals surface area (Å²) in [6, 6.07) is 0.528. The lowest BCUT2D eigenvalue weighted by Gasteiger charge is -2.31. The molecule has 88 valence electrons. The van der Waals surface area contributed by atoms with E-state index in [4.69, 9.17) is 0 Å². The molecule has 0 aromatic carbocycles. The molecule has 1 saturated carbocycles. The van der Waals surface area contributed by atoms with Crippen molar-refractivity contribution in [2.45, 2.75) is 39.2 Å². The van der Waals surface area contributed by atoms with Crippen LogP contribution in [0.3, 0.4) is 0 Å². The average molecular weight is 284 g/mol. The molecule has 1 N–H and O–H groups in total. The van der Waals surface area contributed by atoms with E-state index in [9.17, 15) is 0 Å². The van der Waals surface area contributed by atoms with Gasteiger partial charge in [0.15, 0.2) is 0 Å². The smallest absolute Gasteiger partial charge is 0.222 e. The molecule has 0 bridgehead atoms. The van der Waals surface area contributed by atoms with Gasteiger partial charge in [0.05, 0.1) is 4.47 Å². The molecule has 0 aliphatic heterocycles. The van der Waals surface area contributed by atoms with E-state index in [0.717, 1.165) is 22.3 Å². The Morgan fingerprint density at radius 1 is 1.12 bits per heavy atom. The molecule has 0 saturated heterocycles. The Balaban J connectivity index is 1.96. The first-order valence-corrected chi connectivity index (χ1v) is 6.67. The van der Waals surface area contributed by atoms with Crippen LogP contribution in [-0.2, 0) is 0 Å². The standard InChI is InChI=1S/C12H18BrN3/c1-8-3-9(2)5-11(4-8)16-12-14-6-10(13)7-15-12/h6-9,11H,3-5H2,1-2H3,(H,14,15,16). The molecule has 16 heavy (non-hydrogen) atoms. The third kappa shape index (κ3) is 3.17. The minimum Gasteiger partial charge on any atom is -0.351 e. The Morgan fingerprint density at radius 2 is 1.69 bits per heavy atom. The highest BCUT2D eigenvalue weighted by Gasteiger charge is 2.24. The van der Waals surface area contributed by atoms with Crippen LogP contribution in [-0.4, -0.2) is 16.0 Å². The Bertz CT molecular complexity index is 329. The highest BCUT2D eigenvalue weighted by Crippen LogP contribution is 2.29. The number of nitrogens with zero attached hydrogens (tertiary/aromatic N) is 2. The Labute approximate surface area is 105 Å². The van der Waals surface area contributed by atoms with Gasteiger partial charge in [0.25, 0.3) is 0 Å². The zero-order valence-corrected chi connectivity index (χ0v) is 11.4. The predicted octanol–water partition coefficient (Wildman–Crippen LogP) is 3.48. The number of hydrogen-bond acceptors (Lipinski definition) is 3. The van der Waals surface area contributed by atoms with Gasteiger partial charge in [-0.15, -0.1) is 0 Å². The summed E-state index contributed by atoms with van der Waals surface area (Å²) >= 11 is 3.34. The zero-order chi connectivity index (χ0) is 11.5. The monoisotopic (exact) mass is 283 g/mol. The number of halogens is 1. The van der Waals surface area contributed by atoms with Crippen molar-refractivity contribution in [3.8, 4) is 0 Å². The molecule has 0 spiro atoms. The van der Waals surface area contributed by atoms with E-state index in [2.05, 4.69) is 45.1 Å². The van der Waals surface area contributed by atoms with Crippen LogP contribution >= 0.6 is 15.9 Å². The van der Waals surface area contributed by atoms with Gasteiger partial charge in [0, 0.05) is 18.4 Å². The lowest BCUT2D eigenvalue weighted by atomic mass is 9.80. The maximum atomic E-state index is 4.25. The lowest BCUT2D eigenvalue weighted by Crippen LogP contribution is -2.30. The third-order valence-electron chi connectivity index (χ3n) is 3.13. The molecule has 1 aliphatic rings. The van der Waals surface area contributed by atoms with E-state index >= 15 is 0 Å². The summed E-state index contributed by atoms with van der Waals surface area (Å²) in [6.45, 7) is 4.65. The van der Waals surface area contributed by atoms with E-state index in [1.165, 1.54) is 19.3 Å². The maximum Gasteiger partial charge on any atom is 0.222 e. The number of hydrogen-bond donors (Lipinski definition) is 1. The number of rotatable bonds is 2. The van der Waals surface area contributed by atoms with Gasteiger partial charge in [-0.3, -0.25) is 0 Å². The van der Waals surface area contributed by atoms with Gasteiger partial charge in [-0.2, -0.15) is 0 Å². The van der Waals surface area contributed by atoms with Crippen LogP contribution < -0.4 is 5.32 Å². The molecule has 2 rings (SSSR count). The zero-order valence-electron chi connectivity index (χ0n) is 9.78. The van der Waals surface area contributed by atoms with Crippen LogP contribution in [0.15, 0.2) is 16.9 Å². The fourth-order valence-electron chi connectivity index (χ4n) is 2.63. The fourth-order valence-corrected chi connectivity index (χ4v) is 2.84. The van der Waals surface area contributed by atoms with Crippen molar-refractivity contribution >= 4 is 21.9 Å². The molecule has 1 fully saturated rings. The quantitative estimate of drug-likeness (QED) is 0.903. The minimum absolute atomic E-state index is 0.528. The van der Waals surface area contributed by atoms with Crippen molar-refractivity contribution in [3.63, 3.8) is 0 Å². The number of anilines is 1. The third-order valence-corrected chi connectivity index (χ3v) is 3.54. The highest BCUT2D eigenvalue weighted by molar-refractivity contribution is 9.10. The van der Waals surface area contributed by atoms with Crippen LogP contribution in [0.1, 0.15) is 33.1 Å². The molecule has 1 aromatic heterocycles. The second-order valence-corrected chi connectivity index (χ2v) is 5.90. The fraction of sp³-hybridized carbons (Fsp3) is 0.667. The summed E-state index contributed by atoms with van der Waals surface area (Å²) in [5.74, 6) is 2.35. The summed E-state index contributed by atoms with van der Waals surface area (Å²) < 4.78 is 0.920. The van der Waals surface area contributed by atoms with E-state index in [1.54, 1.807) is 12.4 Å². The Kier molecular flexibility index (Phi) is 3.79. The van der Waals surface area contributed by atoms with Crippen molar-refractivity contribution in [1.29, 1.82) is 0 Å². The second-order valence-electron chi connectivity index (χ2n) is 4.98. The van der Waals surface area contributed by atoms with Crippen molar-refractivity contribution in [3.05, 3.63) is 16.9 Å². The molecule has 1 aliphatic carbocycles. The first-order valence-electron chi connectivity index (χ1n) is 5.87. The molecule has 2 unspecified atom stereocenters. The molecular weight excluding hydrogens is 266 g/mol. The Hall–Kier alpha value is -0.640. The average Bonchev–Trinajstić information content (AvgIpc) is 2.20. The molecular formula is C12H18BrN3. The van der Waals surface area contributed by atoms with E-state index < -0.39 is 0 Å². The predicted molar refractivity (Wildman–Crippen MR) is 69.3 cm³/mol. The van der Waals surface area contributed by atoms with Crippen LogP contribution in [0, 0.1) is 11.8 Å². The first kappa shape index (κ1) is 11.8. The topological polar surface area (TPSA) is 37.8 Å². The van der Waals surface area contributed by atoms with Gasteiger partial charge in [-0.25, -0.2) is 9.97 Å². The minimum atomic E-state index is 0.528. The molecule has 3 nitrogen and oxygen atoms in total. The molecule has 1 aromatic rings. The number of aromatic nitrogens is 2. The van der Waals surface area contributed by atoms with Crippen LogP contribution in [0.2, 0.25) is 0 Å². The van der Waals surface area contributed by atoms with Crippen LogP contribution in [0.4, 0.5) is 5.95 Å². The molecule has 0 radical (unpaired) electrons. The van der Waals surface area contributed by atoms with E-state index in [1.807, 2.05) is 0 Å². The van der Waals surface area contributed by atoms with Crippen molar-refractivity contribution in [2.75, 3.05) is 5.32 Å². The van der Waals surface area contributed by atoms with Crippen molar-refractivity contribution in [1.82, 2.24) is 9.97 Å². The largest absolute Gasteiger partial charge is 0.351 e. The molecule has 0 amide bonds. The normalized spacial score (nSPS) is 30.1. The van der Waals surface area contributed by atoms with Gasteiger partial charge in [0.2, 0.25) is 5.95 Å². The van der Waals surface area contributed by atoms with Gasteiger partial charge >= 0.3 is 0 Å². The first-order chi connectivity index (χ1) is 7.63. The van der Waals surface area contributed by atoms with Gasteiger partial charge in [0.1, 0.15) is 0 Å². The van der Waals surface area contributed by atoms with E-state index in [0.29, 0.717) is 6.04 Å². The van der Waals surface area contributed by atoms with Gasteiger partial charge < -0.3 is 5.32 Å². The summed E-state index contributed by atoms with van der Waals surface area (Å²) in [7, 11) is 0. The Morgan fingerprint density at radius 3 is 2.25 bits per heavy atom. The lowest BCUT2D eigenvalue weighted by molar-refractivity contribution is 0.280. The summed E-state index contributed by atoms with van der Waals surface area (Å²) in [6.07, 6.45) is 7.36. The van der Waals surface area contributed by atoms with Gasteiger partial charge in [-0.1, -0.05) is 13.8 Å². The van der Waals surface area contributed by atoms with Crippen LogP contribution in [0.5, 0.6) is 0 Å². The maximum absolute atomic E-state index is 4.25. The summed E-state index contributed by atoms with van der Waals surface area (Å²) in [4.78, 5) is 8.51. The highest BCUT2D eigenvalue weighted by atomic mass is 79.9. The SMILES string of the molecule is CC1CC(C)CC(Nc2ncc(Br)cn2)C1. The van der Waals surface area contributed by atoms with Crippen LogP contribution in [0.25, 0.3) is 0 Å². The van der Waals surface area contributed by atoms with Crippen molar-refractivity contribution in [2.24, 2.45) is 11.8 Å². The van der Waals surface area contributed by atoms with E-state index in [-0.39, 0.29) is 0 Å². The number of nitrogens with one attached hydrogen (secondary N) is 1. The molecule has 1 heterocycles. The molecule has 2 atom stereocenters. The summed E-state index contributed by atoms with van der Waals surface area (Å²) in [5, 5.41) is 3.43. The summed E-state index contributed by atoms with van der Waals surface area (Å²) in [5.41, 5.74) is 0. The van der Waals surface area contributed by atoms with Gasteiger partial charge in [-0.05, 0) is 47.0 Å². The molecule has 4 heteroatoms. The second kappa shape index (κ2) is 5.13. The van der Waals surface area contributed by atoms with Crippen molar-refractivity contribution < 1.29 is 0 Å².